The van der Waals surface area contributed by atoms with Gasteiger partial charge in [0.25, 0.3) is 0 Å². The van der Waals surface area contributed by atoms with Crippen LogP contribution in [0.15, 0.2) is 22.7 Å². The van der Waals surface area contributed by atoms with Crippen molar-refractivity contribution in [1.82, 2.24) is 15.2 Å². The van der Waals surface area contributed by atoms with Crippen LogP contribution in [0, 0.1) is 6.92 Å². The summed E-state index contributed by atoms with van der Waals surface area (Å²) < 4.78 is 10.9. The molecule has 130 valence electrons. The number of likely N-dealkylation sites (tertiary alicyclic amines) is 1. The maximum absolute atomic E-state index is 12.5. The summed E-state index contributed by atoms with van der Waals surface area (Å²) in [5, 5.41) is 4.06. The highest BCUT2D eigenvalue weighted by atomic mass is 32.1. The summed E-state index contributed by atoms with van der Waals surface area (Å²) in [4.78, 5) is 19.9. The lowest BCUT2D eigenvalue weighted by Crippen LogP contribution is -2.40. The van der Waals surface area contributed by atoms with E-state index in [-0.39, 0.29) is 12.1 Å². The lowest BCUT2D eigenvalue weighted by Gasteiger charge is -2.23. The number of rotatable bonds is 6. The number of nitrogens with one attached hydrogen (secondary N) is 1. The van der Waals surface area contributed by atoms with Crippen molar-refractivity contribution < 1.29 is 13.9 Å². The van der Waals surface area contributed by atoms with E-state index in [1.165, 1.54) is 4.88 Å². The monoisotopic (exact) mass is 349 g/mol. The molecule has 7 heteroatoms. The Kier molecular flexibility index (Phi) is 5.52. The summed E-state index contributed by atoms with van der Waals surface area (Å²) in [6.07, 6.45) is 4.55. The molecule has 2 aromatic rings. The molecule has 0 unspecified atom stereocenters. The van der Waals surface area contributed by atoms with Gasteiger partial charge in [-0.25, -0.2) is 9.78 Å². The number of carbonyl (C=O) groups excluding carboxylic acids is 1. The number of hydrogen-bond acceptors (Lipinski definition) is 5. The highest BCUT2D eigenvalue weighted by Crippen LogP contribution is 2.33. The second kappa shape index (κ2) is 7.81. The molecule has 2 aromatic heterocycles. The van der Waals surface area contributed by atoms with Crippen LogP contribution in [0.2, 0.25) is 0 Å². The first-order valence-corrected chi connectivity index (χ1v) is 9.02. The van der Waals surface area contributed by atoms with E-state index in [0.29, 0.717) is 13.2 Å². The largest absolute Gasteiger partial charge is 0.461 e. The molecule has 2 amide bonds. The zero-order chi connectivity index (χ0) is 16.9. The maximum Gasteiger partial charge on any atom is 0.318 e. The lowest BCUT2D eigenvalue weighted by atomic mass is 10.2. The molecular formula is C17H23N3O3S. The molecule has 1 atom stereocenters. The third-order valence-corrected chi connectivity index (χ3v) is 5.07. The summed E-state index contributed by atoms with van der Waals surface area (Å²) >= 11 is 1.67. The Labute approximate surface area is 145 Å². The summed E-state index contributed by atoms with van der Waals surface area (Å²) in [5.41, 5.74) is 0. The average Bonchev–Trinajstić information content (AvgIpc) is 3.27. The Morgan fingerprint density at radius 1 is 1.54 bits per heavy atom. The van der Waals surface area contributed by atoms with Crippen molar-refractivity contribution in [2.75, 3.05) is 20.2 Å². The molecule has 1 saturated heterocycles. The minimum atomic E-state index is -0.0320. The molecule has 0 saturated carbocycles. The van der Waals surface area contributed by atoms with Crippen molar-refractivity contribution >= 4 is 17.4 Å². The summed E-state index contributed by atoms with van der Waals surface area (Å²) in [5.74, 6) is 1.63. The summed E-state index contributed by atoms with van der Waals surface area (Å²) in [6, 6.07) is 3.84. The van der Waals surface area contributed by atoms with E-state index in [1.54, 1.807) is 18.4 Å². The van der Waals surface area contributed by atoms with Gasteiger partial charge in [-0.2, -0.15) is 0 Å². The number of aryl methyl sites for hydroxylation is 1. The highest BCUT2D eigenvalue weighted by Gasteiger charge is 2.32. The Morgan fingerprint density at radius 3 is 3.17 bits per heavy atom. The van der Waals surface area contributed by atoms with Crippen molar-refractivity contribution in [3.8, 4) is 0 Å². The first kappa shape index (κ1) is 17.0. The Morgan fingerprint density at radius 2 is 2.42 bits per heavy atom. The van der Waals surface area contributed by atoms with Gasteiger partial charge in [0.1, 0.15) is 18.1 Å². The standard InChI is InChI=1S/C17H23N3O3S/c1-12-10-19-16(24-12)7-8-18-17(21)20-9-3-4-14(20)15-6-5-13(23-15)11-22-2/h5-6,10,14H,3-4,7-9,11H2,1-2H3,(H,18,21)/t14-/m1/s1. The van der Waals surface area contributed by atoms with Crippen LogP contribution in [0.25, 0.3) is 0 Å². The van der Waals surface area contributed by atoms with Crippen molar-refractivity contribution in [3.05, 3.63) is 39.7 Å². The van der Waals surface area contributed by atoms with Gasteiger partial charge in [-0.3, -0.25) is 0 Å². The van der Waals surface area contributed by atoms with Gasteiger partial charge in [0.2, 0.25) is 0 Å². The molecule has 1 aliphatic heterocycles. The summed E-state index contributed by atoms with van der Waals surface area (Å²) in [6.45, 7) is 3.84. The van der Waals surface area contributed by atoms with Gasteiger partial charge in [-0.1, -0.05) is 0 Å². The number of thiazole rings is 1. The van der Waals surface area contributed by atoms with E-state index in [9.17, 15) is 4.79 Å². The second-order valence-corrected chi connectivity index (χ2v) is 7.25. The zero-order valence-corrected chi connectivity index (χ0v) is 14.9. The van der Waals surface area contributed by atoms with Crippen LogP contribution < -0.4 is 5.32 Å². The predicted octanol–water partition coefficient (Wildman–Crippen LogP) is 3.28. The van der Waals surface area contributed by atoms with Crippen molar-refractivity contribution in [2.24, 2.45) is 0 Å². The molecule has 1 aliphatic rings. The number of methoxy groups -OCH3 is 1. The average molecular weight is 349 g/mol. The number of furan rings is 1. The molecule has 0 spiro atoms. The number of amides is 2. The molecule has 0 radical (unpaired) electrons. The molecule has 0 aromatic carbocycles. The van der Waals surface area contributed by atoms with Crippen LogP contribution in [-0.4, -0.2) is 36.1 Å². The number of nitrogens with zero attached hydrogens (tertiary/aromatic N) is 2. The van der Waals surface area contributed by atoms with Crippen LogP contribution in [0.5, 0.6) is 0 Å². The van der Waals surface area contributed by atoms with Gasteiger partial charge in [0, 0.05) is 37.7 Å². The van der Waals surface area contributed by atoms with Crippen LogP contribution >= 0.6 is 11.3 Å². The normalized spacial score (nSPS) is 17.4. The molecule has 0 aliphatic carbocycles. The number of hydrogen-bond donors (Lipinski definition) is 1. The number of carbonyl (C=O) groups is 1. The fourth-order valence-electron chi connectivity index (χ4n) is 2.99. The smallest absolute Gasteiger partial charge is 0.318 e. The van der Waals surface area contributed by atoms with E-state index in [0.717, 1.165) is 42.3 Å². The van der Waals surface area contributed by atoms with Crippen LogP contribution in [0.3, 0.4) is 0 Å². The van der Waals surface area contributed by atoms with Crippen LogP contribution in [0.4, 0.5) is 4.79 Å². The van der Waals surface area contributed by atoms with Gasteiger partial charge in [0.15, 0.2) is 0 Å². The van der Waals surface area contributed by atoms with Gasteiger partial charge in [-0.15, -0.1) is 11.3 Å². The van der Waals surface area contributed by atoms with E-state index < -0.39 is 0 Å². The van der Waals surface area contributed by atoms with Crippen LogP contribution in [-0.2, 0) is 17.8 Å². The van der Waals surface area contributed by atoms with Gasteiger partial charge >= 0.3 is 6.03 Å². The van der Waals surface area contributed by atoms with Crippen molar-refractivity contribution in [2.45, 2.75) is 38.8 Å². The topological polar surface area (TPSA) is 67.6 Å². The van der Waals surface area contributed by atoms with Crippen LogP contribution in [0.1, 0.15) is 40.3 Å². The SMILES string of the molecule is COCc1ccc([C@H]2CCCN2C(=O)NCCc2ncc(C)s2)o1. The lowest BCUT2D eigenvalue weighted by molar-refractivity contribution is 0.156. The van der Waals surface area contributed by atoms with Gasteiger partial charge < -0.3 is 19.4 Å². The van der Waals surface area contributed by atoms with Crippen molar-refractivity contribution in [3.63, 3.8) is 0 Å². The molecule has 0 bridgehead atoms. The third-order valence-electron chi connectivity index (χ3n) is 4.10. The molecule has 3 rings (SSSR count). The minimum absolute atomic E-state index is 0.0118. The Bertz CT molecular complexity index is 682. The van der Waals surface area contributed by atoms with E-state index in [2.05, 4.69) is 10.3 Å². The Hall–Kier alpha value is -1.86. The first-order valence-electron chi connectivity index (χ1n) is 8.20. The summed E-state index contributed by atoms with van der Waals surface area (Å²) in [7, 11) is 1.64. The number of aromatic nitrogens is 1. The fraction of sp³-hybridized carbons (Fsp3) is 0.529. The van der Waals surface area contributed by atoms with E-state index >= 15 is 0 Å². The Balaban J connectivity index is 1.54. The van der Waals surface area contributed by atoms with E-state index in [4.69, 9.17) is 9.15 Å². The molecular weight excluding hydrogens is 326 g/mol. The first-order chi connectivity index (χ1) is 11.7. The van der Waals surface area contributed by atoms with Crippen molar-refractivity contribution in [1.29, 1.82) is 0 Å². The molecule has 24 heavy (non-hydrogen) atoms. The van der Waals surface area contributed by atoms with Gasteiger partial charge in [0.05, 0.1) is 11.0 Å². The molecule has 3 heterocycles. The predicted molar refractivity (Wildman–Crippen MR) is 92.1 cm³/mol. The maximum atomic E-state index is 12.5. The minimum Gasteiger partial charge on any atom is -0.461 e. The third kappa shape index (κ3) is 3.96. The molecule has 1 N–H and O–H groups in total. The molecule has 1 fully saturated rings. The highest BCUT2D eigenvalue weighted by molar-refractivity contribution is 7.11. The van der Waals surface area contributed by atoms with E-state index in [1.807, 2.05) is 30.2 Å². The van der Waals surface area contributed by atoms with Gasteiger partial charge in [-0.05, 0) is 31.9 Å². The number of urea groups is 1. The fourth-order valence-corrected chi connectivity index (χ4v) is 3.78. The quantitative estimate of drug-likeness (QED) is 0.869. The molecule has 6 nitrogen and oxygen atoms in total. The number of ether oxygens (including phenoxy) is 1. The second-order valence-electron chi connectivity index (χ2n) is 5.94. The zero-order valence-electron chi connectivity index (χ0n) is 14.1.